The molecule has 1 N–H and O–H groups in total. The molecule has 0 saturated carbocycles. The summed E-state index contributed by atoms with van der Waals surface area (Å²) in [6.45, 7) is 1.93. The summed E-state index contributed by atoms with van der Waals surface area (Å²) in [6, 6.07) is 5.40. The molecule has 0 aliphatic carbocycles. The van der Waals surface area contributed by atoms with Gasteiger partial charge in [0.1, 0.15) is 5.75 Å². The molecule has 132 valence electrons. The van der Waals surface area contributed by atoms with E-state index < -0.39 is 25.0 Å². The predicted molar refractivity (Wildman–Crippen MR) is 86.7 cm³/mol. The lowest BCUT2D eigenvalue weighted by atomic mass is 10.2. The van der Waals surface area contributed by atoms with E-state index in [0.717, 1.165) is 6.42 Å². The van der Waals surface area contributed by atoms with Crippen molar-refractivity contribution in [3.05, 3.63) is 24.3 Å². The molecule has 1 rings (SSSR count). The van der Waals surface area contributed by atoms with Crippen LogP contribution in [0.4, 0.5) is 0 Å². The number of rotatable bonds is 10. The van der Waals surface area contributed by atoms with Gasteiger partial charge in [-0.25, -0.2) is 0 Å². The summed E-state index contributed by atoms with van der Waals surface area (Å²) in [4.78, 5) is -0.0177. The molecule has 0 aromatic heterocycles. The van der Waals surface area contributed by atoms with Crippen LogP contribution in [0.15, 0.2) is 29.2 Å². The summed E-state index contributed by atoms with van der Waals surface area (Å²) >= 11 is 0. The molecular weight excluding hydrogens is 340 g/mol. The first-order valence-corrected chi connectivity index (χ1v) is 10.5. The Labute approximate surface area is 138 Å². The van der Waals surface area contributed by atoms with E-state index in [1.165, 1.54) is 45.6 Å². The third kappa shape index (κ3) is 5.55. The van der Waals surface area contributed by atoms with Gasteiger partial charge in [-0.15, -0.1) is 0 Å². The van der Waals surface area contributed by atoms with Crippen molar-refractivity contribution in [2.75, 3.05) is 21.3 Å². The Morgan fingerprint density at radius 1 is 1.09 bits per heavy atom. The van der Waals surface area contributed by atoms with E-state index in [2.05, 4.69) is 0 Å². The molecule has 0 saturated heterocycles. The first-order valence-electron chi connectivity index (χ1n) is 7.20. The lowest BCUT2D eigenvalue weighted by Crippen LogP contribution is -2.46. The third-order valence-electron chi connectivity index (χ3n) is 3.41. The summed E-state index contributed by atoms with van der Waals surface area (Å²) in [7, 11) is -2.50. The van der Waals surface area contributed by atoms with Crippen LogP contribution < -0.4 is 0 Å². The highest BCUT2D eigenvalue weighted by Crippen LogP contribution is 2.25. The van der Waals surface area contributed by atoms with E-state index in [1.54, 1.807) is 0 Å². The smallest absolute Gasteiger partial charge is 0.502 e. The monoisotopic (exact) mass is 364 g/mol. The van der Waals surface area contributed by atoms with Crippen LogP contribution in [-0.2, 0) is 27.6 Å². The largest absolute Gasteiger partial charge is 0.508 e. The van der Waals surface area contributed by atoms with Crippen LogP contribution in [0.5, 0.6) is 5.75 Å². The molecule has 0 radical (unpaired) electrons. The van der Waals surface area contributed by atoms with Gasteiger partial charge in [0.15, 0.2) is 0 Å². The minimum atomic E-state index is -3.95. The fourth-order valence-corrected chi connectivity index (χ4v) is 5.20. The van der Waals surface area contributed by atoms with Crippen LogP contribution in [0.3, 0.4) is 0 Å². The minimum Gasteiger partial charge on any atom is -0.508 e. The average Bonchev–Trinajstić information content (AvgIpc) is 2.53. The molecule has 0 aliphatic rings. The fraction of sp³-hybridized carbons (Fsp3) is 0.571. The molecule has 7 nitrogen and oxygen atoms in total. The number of hydrogen-bond acceptors (Lipinski definition) is 7. The fourth-order valence-electron chi connectivity index (χ4n) is 2.13. The third-order valence-corrected chi connectivity index (χ3v) is 7.61. The highest BCUT2D eigenvalue weighted by Gasteiger charge is 2.42. The Morgan fingerprint density at radius 2 is 1.61 bits per heavy atom. The van der Waals surface area contributed by atoms with Gasteiger partial charge in [-0.1, -0.05) is 13.3 Å². The molecule has 1 atom stereocenters. The highest BCUT2D eigenvalue weighted by atomic mass is 32.2. The number of aromatic hydroxyl groups is 1. The summed E-state index contributed by atoms with van der Waals surface area (Å²) in [5, 5.41) is 9.26. The molecule has 0 spiro atoms. The first kappa shape index (κ1) is 20.1. The second-order valence-electron chi connectivity index (χ2n) is 4.95. The van der Waals surface area contributed by atoms with E-state index in [-0.39, 0.29) is 16.7 Å². The van der Waals surface area contributed by atoms with Gasteiger partial charge < -0.3 is 18.4 Å². The number of benzene rings is 1. The maximum absolute atomic E-state index is 12.4. The summed E-state index contributed by atoms with van der Waals surface area (Å²) in [5.74, 6) is -0.0152. The molecule has 9 heteroatoms. The Morgan fingerprint density at radius 3 is 2.04 bits per heavy atom. The van der Waals surface area contributed by atoms with Crippen LogP contribution in [0.1, 0.15) is 19.8 Å². The van der Waals surface area contributed by atoms with Gasteiger partial charge in [0.05, 0.1) is 11.0 Å². The summed E-state index contributed by atoms with van der Waals surface area (Å²) in [6.07, 6.45) is 0.629. The quantitative estimate of drug-likeness (QED) is 0.502. The Bertz CT molecular complexity index is 561. The van der Waals surface area contributed by atoms with E-state index in [1.807, 2.05) is 6.92 Å². The second kappa shape index (κ2) is 8.76. The minimum absolute atomic E-state index is 0.0152. The predicted octanol–water partition coefficient (Wildman–Crippen LogP) is 2.14. The molecule has 1 unspecified atom stereocenters. The molecule has 0 aliphatic heterocycles. The van der Waals surface area contributed by atoms with Crippen molar-refractivity contribution in [2.45, 2.75) is 36.8 Å². The van der Waals surface area contributed by atoms with Crippen molar-refractivity contribution in [1.29, 1.82) is 0 Å². The van der Waals surface area contributed by atoms with Gasteiger partial charge >= 0.3 is 8.80 Å². The molecule has 0 bridgehead atoms. The van der Waals surface area contributed by atoms with E-state index in [9.17, 15) is 13.5 Å². The molecule has 1 aromatic carbocycles. The highest BCUT2D eigenvalue weighted by molar-refractivity contribution is 7.86. The zero-order valence-electron chi connectivity index (χ0n) is 13.8. The first-order chi connectivity index (χ1) is 10.8. The normalized spacial score (nSPS) is 13.9. The SMILES string of the molecule is CCCC(C[Si](OC)(OC)OC)OS(=O)(=O)c1ccc(O)cc1. The van der Waals surface area contributed by atoms with E-state index >= 15 is 0 Å². The van der Waals surface area contributed by atoms with Crippen LogP contribution >= 0.6 is 0 Å². The van der Waals surface area contributed by atoms with Crippen molar-refractivity contribution < 1.29 is 31.0 Å². The zero-order valence-corrected chi connectivity index (χ0v) is 15.6. The van der Waals surface area contributed by atoms with E-state index in [4.69, 9.17) is 17.5 Å². The van der Waals surface area contributed by atoms with Crippen molar-refractivity contribution >= 4 is 18.9 Å². The maximum atomic E-state index is 12.4. The summed E-state index contributed by atoms with van der Waals surface area (Å²) in [5.41, 5.74) is 0. The Hall–Kier alpha value is -0.973. The van der Waals surface area contributed by atoms with Crippen LogP contribution in [-0.4, -0.2) is 49.8 Å². The Balaban J connectivity index is 2.96. The van der Waals surface area contributed by atoms with Crippen molar-refractivity contribution in [3.63, 3.8) is 0 Å². The molecule has 0 fully saturated rings. The Kier molecular flexibility index (Phi) is 7.65. The topological polar surface area (TPSA) is 91.3 Å². The average molecular weight is 364 g/mol. The lowest BCUT2D eigenvalue weighted by Gasteiger charge is -2.28. The standard InChI is InChI=1S/C14H24O7SSi/c1-5-6-13(11-23(18-2,19-3)20-4)21-22(16,17)14-9-7-12(15)8-10-14/h7-10,13,15H,5-6,11H2,1-4H3. The van der Waals surface area contributed by atoms with Crippen LogP contribution in [0.2, 0.25) is 6.04 Å². The van der Waals surface area contributed by atoms with E-state index in [0.29, 0.717) is 6.42 Å². The van der Waals surface area contributed by atoms with Crippen LogP contribution in [0, 0.1) is 0 Å². The van der Waals surface area contributed by atoms with Crippen LogP contribution in [0.25, 0.3) is 0 Å². The number of phenolic OH excluding ortho intramolecular Hbond substituents is 1. The molecular formula is C14H24O7SSi. The van der Waals surface area contributed by atoms with Gasteiger partial charge in [0.2, 0.25) is 0 Å². The zero-order chi connectivity index (χ0) is 17.5. The van der Waals surface area contributed by atoms with Gasteiger partial charge in [-0.3, -0.25) is 4.18 Å². The van der Waals surface area contributed by atoms with Crippen molar-refractivity contribution in [3.8, 4) is 5.75 Å². The number of phenols is 1. The van der Waals surface area contributed by atoms with Gasteiger partial charge in [0.25, 0.3) is 10.1 Å². The van der Waals surface area contributed by atoms with Gasteiger partial charge in [-0.05, 0) is 30.7 Å². The summed E-state index contributed by atoms with van der Waals surface area (Å²) < 4.78 is 46.1. The van der Waals surface area contributed by atoms with Crippen molar-refractivity contribution in [1.82, 2.24) is 0 Å². The number of hydrogen-bond donors (Lipinski definition) is 1. The molecule has 0 amide bonds. The molecule has 1 aromatic rings. The van der Waals surface area contributed by atoms with Crippen molar-refractivity contribution in [2.24, 2.45) is 0 Å². The molecule has 0 heterocycles. The van der Waals surface area contributed by atoms with Gasteiger partial charge in [0, 0.05) is 27.4 Å². The van der Waals surface area contributed by atoms with Gasteiger partial charge in [-0.2, -0.15) is 8.42 Å². The molecule has 23 heavy (non-hydrogen) atoms. The second-order valence-corrected chi connectivity index (χ2v) is 9.53. The lowest BCUT2D eigenvalue weighted by molar-refractivity contribution is 0.103. The maximum Gasteiger partial charge on any atom is 0.502 e.